The van der Waals surface area contributed by atoms with Gasteiger partial charge < -0.3 is 15.5 Å². The predicted molar refractivity (Wildman–Crippen MR) is 107 cm³/mol. The Morgan fingerprint density at radius 2 is 1.56 bits per heavy atom. The van der Waals surface area contributed by atoms with Gasteiger partial charge in [0.1, 0.15) is 6.04 Å². The highest BCUT2D eigenvalue weighted by Crippen LogP contribution is 2.20. The van der Waals surface area contributed by atoms with Crippen molar-refractivity contribution in [1.29, 1.82) is 0 Å². The molecule has 2 rings (SSSR count). The zero-order chi connectivity index (χ0) is 19.5. The Morgan fingerprint density at radius 3 is 2.30 bits per heavy atom. The van der Waals surface area contributed by atoms with Gasteiger partial charge in [0, 0.05) is 19.4 Å². The summed E-state index contributed by atoms with van der Waals surface area (Å²) in [6.45, 7) is 0.232. The standard InChI is InChI=1S/C22H29NO4/c24-15-8-4-2-1-3-5-14-21(25)23-20(22(26)27)16-18-12-9-11-17-10-6-7-13-19(17)18/h6-7,9-13,20,24H,1-5,8,14-16H2,(H,23,25)(H,26,27). The second kappa shape index (κ2) is 11.3. The summed E-state index contributed by atoms with van der Waals surface area (Å²) in [4.78, 5) is 23.8. The molecule has 27 heavy (non-hydrogen) atoms. The summed E-state index contributed by atoms with van der Waals surface area (Å²) in [5.74, 6) is -1.22. The molecule has 3 N–H and O–H groups in total. The zero-order valence-electron chi connectivity index (χ0n) is 15.7. The number of hydrogen-bond acceptors (Lipinski definition) is 3. The first-order valence-corrected chi connectivity index (χ1v) is 9.71. The molecule has 2 aromatic rings. The van der Waals surface area contributed by atoms with Gasteiger partial charge in [0.05, 0.1) is 0 Å². The summed E-state index contributed by atoms with van der Waals surface area (Å²) in [5, 5.41) is 23.0. The molecule has 5 nitrogen and oxygen atoms in total. The van der Waals surface area contributed by atoms with Gasteiger partial charge in [-0.2, -0.15) is 0 Å². The fourth-order valence-electron chi connectivity index (χ4n) is 3.26. The lowest BCUT2D eigenvalue weighted by molar-refractivity contribution is -0.141. The van der Waals surface area contributed by atoms with Crippen molar-refractivity contribution in [2.24, 2.45) is 0 Å². The lowest BCUT2D eigenvalue weighted by atomic mass is 9.98. The number of carbonyl (C=O) groups excluding carboxylic acids is 1. The van der Waals surface area contributed by atoms with E-state index in [1.54, 1.807) is 0 Å². The van der Waals surface area contributed by atoms with Crippen LogP contribution in [0.2, 0.25) is 0 Å². The van der Waals surface area contributed by atoms with Crippen LogP contribution in [0.25, 0.3) is 10.8 Å². The smallest absolute Gasteiger partial charge is 0.326 e. The van der Waals surface area contributed by atoms with Crippen LogP contribution in [-0.4, -0.2) is 34.7 Å². The third-order valence-electron chi connectivity index (χ3n) is 4.75. The molecule has 5 heteroatoms. The van der Waals surface area contributed by atoms with Crippen LogP contribution in [0.1, 0.15) is 50.5 Å². The number of carboxylic acid groups (broad SMARTS) is 1. The second-order valence-electron chi connectivity index (χ2n) is 6.90. The number of carbonyl (C=O) groups is 2. The normalized spacial score (nSPS) is 12.0. The van der Waals surface area contributed by atoms with Gasteiger partial charge in [-0.3, -0.25) is 4.79 Å². The summed E-state index contributed by atoms with van der Waals surface area (Å²) in [7, 11) is 0. The number of aliphatic carboxylic acids is 1. The molecular weight excluding hydrogens is 342 g/mol. The van der Waals surface area contributed by atoms with Crippen LogP contribution in [0.5, 0.6) is 0 Å². The van der Waals surface area contributed by atoms with E-state index in [1.807, 2.05) is 42.5 Å². The van der Waals surface area contributed by atoms with E-state index in [2.05, 4.69) is 5.32 Å². The van der Waals surface area contributed by atoms with Crippen molar-refractivity contribution < 1.29 is 19.8 Å². The minimum absolute atomic E-state index is 0.210. The Kier molecular flexibility index (Phi) is 8.78. The van der Waals surface area contributed by atoms with E-state index in [4.69, 9.17) is 5.11 Å². The number of aliphatic hydroxyl groups is 1. The number of unbranched alkanes of at least 4 members (excludes halogenated alkanes) is 5. The second-order valence-corrected chi connectivity index (χ2v) is 6.90. The molecule has 0 bridgehead atoms. The highest BCUT2D eigenvalue weighted by atomic mass is 16.4. The van der Waals surface area contributed by atoms with Crippen LogP contribution >= 0.6 is 0 Å². The molecule has 146 valence electrons. The van der Waals surface area contributed by atoms with Crippen LogP contribution in [0.15, 0.2) is 42.5 Å². The molecule has 1 atom stereocenters. The van der Waals surface area contributed by atoms with Crippen molar-refractivity contribution in [3.63, 3.8) is 0 Å². The molecule has 0 fully saturated rings. The van der Waals surface area contributed by atoms with Crippen molar-refractivity contribution in [2.45, 2.75) is 57.4 Å². The maximum absolute atomic E-state index is 12.1. The molecule has 0 aromatic heterocycles. The topological polar surface area (TPSA) is 86.6 Å². The molecule has 0 saturated carbocycles. The Balaban J connectivity index is 1.84. The largest absolute Gasteiger partial charge is 0.480 e. The van der Waals surface area contributed by atoms with Crippen molar-refractivity contribution >= 4 is 22.6 Å². The monoisotopic (exact) mass is 371 g/mol. The van der Waals surface area contributed by atoms with E-state index in [0.717, 1.165) is 54.9 Å². The van der Waals surface area contributed by atoms with E-state index in [0.29, 0.717) is 6.42 Å². The fourth-order valence-corrected chi connectivity index (χ4v) is 3.26. The van der Waals surface area contributed by atoms with Crippen LogP contribution in [0, 0.1) is 0 Å². The molecule has 0 radical (unpaired) electrons. The van der Waals surface area contributed by atoms with E-state index in [1.165, 1.54) is 0 Å². The fraction of sp³-hybridized carbons (Fsp3) is 0.455. The van der Waals surface area contributed by atoms with E-state index in [-0.39, 0.29) is 18.9 Å². The molecule has 1 unspecified atom stereocenters. The van der Waals surface area contributed by atoms with Crippen molar-refractivity contribution in [1.82, 2.24) is 5.32 Å². The first-order chi connectivity index (χ1) is 13.1. The van der Waals surface area contributed by atoms with Gasteiger partial charge >= 0.3 is 5.97 Å². The number of nitrogens with one attached hydrogen (secondary N) is 1. The van der Waals surface area contributed by atoms with Gasteiger partial charge in [0.2, 0.25) is 5.91 Å². The number of rotatable bonds is 12. The highest BCUT2D eigenvalue weighted by Gasteiger charge is 2.21. The summed E-state index contributed by atoms with van der Waals surface area (Å²) < 4.78 is 0. The molecular formula is C22H29NO4. The number of hydrogen-bond donors (Lipinski definition) is 3. The number of aliphatic hydroxyl groups excluding tert-OH is 1. The van der Waals surface area contributed by atoms with Crippen LogP contribution in [-0.2, 0) is 16.0 Å². The highest BCUT2D eigenvalue weighted by molar-refractivity contribution is 5.88. The summed E-state index contributed by atoms with van der Waals surface area (Å²) in [6, 6.07) is 12.7. The zero-order valence-corrected chi connectivity index (χ0v) is 15.7. The molecule has 0 aliphatic carbocycles. The van der Waals surface area contributed by atoms with Gasteiger partial charge in [-0.15, -0.1) is 0 Å². The van der Waals surface area contributed by atoms with Crippen LogP contribution < -0.4 is 5.32 Å². The van der Waals surface area contributed by atoms with Gasteiger partial charge in [-0.25, -0.2) is 4.79 Å². The molecule has 0 aliphatic rings. The lowest BCUT2D eigenvalue weighted by Crippen LogP contribution is -2.42. The number of fused-ring (bicyclic) bond motifs is 1. The van der Waals surface area contributed by atoms with E-state index < -0.39 is 12.0 Å². The Hall–Kier alpha value is -2.40. The summed E-state index contributed by atoms with van der Waals surface area (Å²) >= 11 is 0. The first kappa shape index (κ1) is 20.9. The van der Waals surface area contributed by atoms with E-state index in [9.17, 15) is 14.7 Å². The maximum Gasteiger partial charge on any atom is 0.326 e. The average Bonchev–Trinajstić information content (AvgIpc) is 2.67. The van der Waals surface area contributed by atoms with E-state index >= 15 is 0 Å². The Bertz CT molecular complexity index is 739. The minimum atomic E-state index is -1.01. The minimum Gasteiger partial charge on any atom is -0.480 e. The van der Waals surface area contributed by atoms with Gasteiger partial charge in [-0.05, 0) is 29.2 Å². The van der Waals surface area contributed by atoms with Crippen LogP contribution in [0.4, 0.5) is 0 Å². The van der Waals surface area contributed by atoms with Crippen molar-refractivity contribution in [3.8, 4) is 0 Å². The third kappa shape index (κ3) is 7.02. The van der Waals surface area contributed by atoms with Crippen molar-refractivity contribution in [2.75, 3.05) is 6.61 Å². The quantitative estimate of drug-likeness (QED) is 0.497. The molecule has 0 saturated heterocycles. The summed E-state index contributed by atoms with van der Waals surface area (Å²) in [5.41, 5.74) is 0.921. The number of benzene rings is 2. The molecule has 0 spiro atoms. The van der Waals surface area contributed by atoms with Gasteiger partial charge in [0.15, 0.2) is 0 Å². The Labute approximate surface area is 160 Å². The average molecular weight is 371 g/mol. The molecule has 1 amide bonds. The van der Waals surface area contributed by atoms with Crippen LogP contribution in [0.3, 0.4) is 0 Å². The number of amides is 1. The molecule has 0 heterocycles. The number of carboxylic acids is 1. The molecule has 2 aromatic carbocycles. The maximum atomic E-state index is 12.1. The predicted octanol–water partition coefficient (Wildman–Crippen LogP) is 3.67. The molecule has 0 aliphatic heterocycles. The third-order valence-corrected chi connectivity index (χ3v) is 4.75. The summed E-state index contributed by atoms with van der Waals surface area (Å²) in [6.07, 6.45) is 6.24. The SMILES string of the molecule is O=C(CCCCCCCCO)NC(Cc1cccc2ccccc12)C(=O)O. The Morgan fingerprint density at radius 1 is 0.889 bits per heavy atom. The lowest BCUT2D eigenvalue weighted by Gasteiger charge is -2.16. The van der Waals surface area contributed by atoms with Gasteiger partial charge in [-0.1, -0.05) is 68.1 Å². The van der Waals surface area contributed by atoms with Crippen molar-refractivity contribution in [3.05, 3.63) is 48.0 Å². The van der Waals surface area contributed by atoms with Gasteiger partial charge in [0.25, 0.3) is 0 Å². The first-order valence-electron chi connectivity index (χ1n) is 9.71.